The lowest BCUT2D eigenvalue weighted by Gasteiger charge is -2.31. The number of alkyl halides is 2. The molecule has 13 nitrogen and oxygen atoms in total. The Morgan fingerprint density at radius 1 is 1.28 bits per heavy atom. The van der Waals surface area contributed by atoms with Crippen LogP contribution in [-0.2, 0) is 23.4 Å². The van der Waals surface area contributed by atoms with E-state index in [1.165, 1.54) is 30.0 Å². The number of ether oxygens (including phenoxy) is 2. The Labute approximate surface area is 254 Å². The number of imidazole rings is 1. The first kappa shape index (κ1) is 33.0. The molecule has 0 radical (unpaired) electrons. The topological polar surface area (TPSA) is 159 Å². The zero-order chi connectivity index (χ0) is 31.4. The van der Waals surface area contributed by atoms with Gasteiger partial charge in [-0.05, 0) is 46.2 Å². The van der Waals surface area contributed by atoms with Gasteiger partial charge in [-0.1, -0.05) is 25.1 Å². The average molecular weight is 643 g/mol. The number of aliphatic hydroxyl groups excluding tert-OH is 1. The first-order valence-electron chi connectivity index (χ1n) is 13.9. The molecule has 1 saturated heterocycles. The van der Waals surface area contributed by atoms with E-state index in [1.807, 2.05) is 6.92 Å². The SMILES string of the molecule is CCCNc1nc(C)nc2c1ncn2[C@@H]1O[C@](CCl)(CO[P@](=O)(N[C@@H](C)C(=O)OC(C)C)Oc2ccccc2)[C@@H](O)[C@@H]1F. The standard InChI is InChI=1S/C27H37ClFN6O7P/c1-6-12-30-23-21-24(33-18(5)32-23)35(15-31-21)25-20(29)22(36)27(13-28,41-25)14-39-43(38,42-19-10-8-7-9-11-19)34-17(4)26(37)40-16(2)3/h7-11,15-17,20,22,25,36H,6,12-14H2,1-5H3,(H,34,38)(H,30,32,33)/t17-,20-,22-,25+,27+,43+/m0/s1. The van der Waals surface area contributed by atoms with Gasteiger partial charge in [-0.3, -0.25) is 13.9 Å². The average Bonchev–Trinajstić information content (AvgIpc) is 3.49. The van der Waals surface area contributed by atoms with Gasteiger partial charge >= 0.3 is 13.7 Å². The molecule has 16 heteroatoms. The number of hydrogen-bond acceptors (Lipinski definition) is 11. The zero-order valence-electron chi connectivity index (χ0n) is 24.6. The van der Waals surface area contributed by atoms with Gasteiger partial charge in [0, 0.05) is 6.54 Å². The second kappa shape index (κ2) is 13.8. The highest BCUT2D eigenvalue weighted by Crippen LogP contribution is 2.49. The molecule has 0 spiro atoms. The van der Waals surface area contributed by atoms with Crippen LogP contribution in [0, 0.1) is 6.92 Å². The van der Waals surface area contributed by atoms with Crippen molar-refractivity contribution >= 4 is 42.3 Å². The van der Waals surface area contributed by atoms with E-state index in [-0.39, 0.29) is 11.4 Å². The van der Waals surface area contributed by atoms with Crippen LogP contribution in [0.3, 0.4) is 0 Å². The van der Waals surface area contributed by atoms with Crippen molar-refractivity contribution in [1.82, 2.24) is 24.6 Å². The van der Waals surface area contributed by atoms with Gasteiger partial charge in [0.25, 0.3) is 0 Å². The molecule has 0 amide bonds. The molecule has 2 aromatic heterocycles. The van der Waals surface area contributed by atoms with Gasteiger partial charge in [0.2, 0.25) is 0 Å². The number of rotatable bonds is 14. The van der Waals surface area contributed by atoms with Crippen molar-refractivity contribution in [3.8, 4) is 5.75 Å². The largest absolute Gasteiger partial charge is 0.462 e. The summed E-state index contributed by atoms with van der Waals surface area (Å²) < 4.78 is 53.7. The smallest absolute Gasteiger partial charge is 0.459 e. The van der Waals surface area contributed by atoms with Crippen LogP contribution in [-0.4, -0.2) is 79.6 Å². The van der Waals surface area contributed by atoms with Crippen molar-refractivity contribution in [2.75, 3.05) is 24.3 Å². The van der Waals surface area contributed by atoms with Crippen molar-refractivity contribution in [3.63, 3.8) is 0 Å². The van der Waals surface area contributed by atoms with Crippen LogP contribution in [0.25, 0.3) is 11.2 Å². The molecule has 0 aliphatic carbocycles. The summed E-state index contributed by atoms with van der Waals surface area (Å²) in [6, 6.07) is 7.01. The zero-order valence-corrected chi connectivity index (χ0v) is 26.2. The Morgan fingerprint density at radius 2 is 2.00 bits per heavy atom. The normalized spacial score (nSPS) is 24.2. The van der Waals surface area contributed by atoms with Crippen molar-refractivity contribution in [1.29, 1.82) is 0 Å². The highest BCUT2D eigenvalue weighted by atomic mass is 35.5. The molecule has 1 aromatic carbocycles. The molecule has 6 atom stereocenters. The van der Waals surface area contributed by atoms with E-state index in [1.54, 1.807) is 39.0 Å². The third-order valence-electron chi connectivity index (χ3n) is 6.55. The van der Waals surface area contributed by atoms with E-state index in [2.05, 4.69) is 25.4 Å². The first-order valence-corrected chi connectivity index (χ1v) is 16.0. The maximum atomic E-state index is 15.8. The lowest BCUT2D eigenvalue weighted by molar-refractivity contribution is -0.149. The highest BCUT2D eigenvalue weighted by Gasteiger charge is 2.57. The van der Waals surface area contributed by atoms with Gasteiger partial charge in [0.1, 0.15) is 29.3 Å². The fourth-order valence-corrected chi connectivity index (χ4v) is 6.25. The molecular formula is C27H37ClFN6O7P. The number of aromatic nitrogens is 4. The van der Waals surface area contributed by atoms with Crippen molar-refractivity contribution in [2.24, 2.45) is 0 Å². The second-order valence-corrected chi connectivity index (χ2v) is 12.4. The van der Waals surface area contributed by atoms with Gasteiger partial charge in [-0.15, -0.1) is 11.6 Å². The summed E-state index contributed by atoms with van der Waals surface area (Å²) in [6.07, 6.45) is -3.43. The molecule has 236 valence electrons. The molecule has 43 heavy (non-hydrogen) atoms. The number of aryl methyl sites for hydroxylation is 1. The Balaban J connectivity index is 1.60. The first-order chi connectivity index (χ1) is 20.4. The third-order valence-corrected chi connectivity index (χ3v) is 8.63. The molecule has 0 unspecified atom stereocenters. The quantitative estimate of drug-likeness (QED) is 0.130. The fraction of sp³-hybridized carbons (Fsp3) is 0.556. The number of carbonyl (C=O) groups excluding carboxylic acids is 1. The molecule has 3 heterocycles. The minimum absolute atomic E-state index is 0.171. The van der Waals surface area contributed by atoms with Crippen molar-refractivity contribution in [2.45, 2.75) is 77.3 Å². The number of nitrogens with one attached hydrogen (secondary N) is 2. The predicted molar refractivity (Wildman–Crippen MR) is 158 cm³/mol. The minimum Gasteiger partial charge on any atom is -0.462 e. The van der Waals surface area contributed by atoms with Crippen LogP contribution in [0.5, 0.6) is 5.75 Å². The molecule has 1 fully saturated rings. The maximum absolute atomic E-state index is 15.8. The molecular weight excluding hydrogens is 606 g/mol. The molecule has 1 aliphatic rings. The van der Waals surface area contributed by atoms with Gasteiger partial charge < -0.3 is 24.4 Å². The number of carbonyl (C=O) groups is 1. The van der Waals surface area contributed by atoms with Gasteiger partial charge in [-0.2, -0.15) is 5.09 Å². The molecule has 3 aromatic rings. The van der Waals surface area contributed by atoms with E-state index >= 15 is 4.39 Å². The summed E-state index contributed by atoms with van der Waals surface area (Å²) in [5.74, 6) is -0.0568. The van der Waals surface area contributed by atoms with Crippen LogP contribution in [0.2, 0.25) is 0 Å². The van der Waals surface area contributed by atoms with Crippen LogP contribution >= 0.6 is 19.3 Å². The number of aliphatic hydroxyl groups is 1. The Kier molecular flexibility index (Phi) is 10.6. The lowest BCUT2D eigenvalue weighted by atomic mass is 9.99. The molecule has 3 N–H and O–H groups in total. The number of nitrogens with zero attached hydrogens (tertiary/aromatic N) is 4. The van der Waals surface area contributed by atoms with Crippen LogP contribution < -0.4 is 14.9 Å². The molecule has 4 rings (SSSR count). The number of hydrogen-bond donors (Lipinski definition) is 3. The predicted octanol–water partition coefficient (Wildman–Crippen LogP) is 4.30. The van der Waals surface area contributed by atoms with Crippen molar-refractivity contribution in [3.05, 3.63) is 42.5 Å². The Hall–Kier alpha value is -2.87. The van der Waals surface area contributed by atoms with Gasteiger partial charge in [0.05, 0.1) is 24.9 Å². The van der Waals surface area contributed by atoms with Crippen molar-refractivity contribution < 1.29 is 37.4 Å². The highest BCUT2D eigenvalue weighted by molar-refractivity contribution is 7.52. The summed E-state index contributed by atoms with van der Waals surface area (Å²) in [4.78, 5) is 25.6. The van der Waals surface area contributed by atoms with Crippen LogP contribution in [0.15, 0.2) is 36.7 Å². The summed E-state index contributed by atoms with van der Waals surface area (Å²) in [5.41, 5.74) is -1.18. The third kappa shape index (κ3) is 7.44. The second-order valence-electron chi connectivity index (χ2n) is 10.5. The van der Waals surface area contributed by atoms with E-state index in [0.717, 1.165) is 6.42 Å². The Bertz CT molecular complexity index is 1450. The number of para-hydroxylation sites is 1. The summed E-state index contributed by atoms with van der Waals surface area (Å²) in [5, 5.41) is 16.8. The maximum Gasteiger partial charge on any atom is 0.459 e. The minimum atomic E-state index is -4.36. The summed E-state index contributed by atoms with van der Waals surface area (Å²) in [6.45, 7) is 8.45. The van der Waals surface area contributed by atoms with E-state index in [0.29, 0.717) is 23.7 Å². The van der Waals surface area contributed by atoms with Crippen LogP contribution in [0.1, 0.15) is 46.2 Å². The van der Waals surface area contributed by atoms with Crippen LogP contribution in [0.4, 0.5) is 10.2 Å². The van der Waals surface area contributed by atoms with Gasteiger partial charge in [0.15, 0.2) is 29.4 Å². The molecule has 0 saturated carbocycles. The van der Waals surface area contributed by atoms with E-state index in [4.69, 9.17) is 30.1 Å². The Morgan fingerprint density at radius 3 is 2.65 bits per heavy atom. The fourth-order valence-electron chi connectivity index (χ4n) is 4.41. The number of anilines is 1. The molecule has 0 bridgehead atoms. The number of halogens is 2. The van der Waals surface area contributed by atoms with Gasteiger partial charge in [-0.25, -0.2) is 23.9 Å². The number of fused-ring (bicyclic) bond motifs is 1. The van der Waals surface area contributed by atoms with E-state index in [9.17, 15) is 14.5 Å². The van der Waals surface area contributed by atoms with E-state index < -0.39 is 62.5 Å². The number of benzene rings is 1. The number of esters is 1. The monoisotopic (exact) mass is 642 g/mol. The molecule has 1 aliphatic heterocycles. The lowest BCUT2D eigenvalue weighted by Crippen LogP contribution is -2.48. The summed E-state index contributed by atoms with van der Waals surface area (Å²) >= 11 is 6.26. The summed E-state index contributed by atoms with van der Waals surface area (Å²) in [7, 11) is -4.36.